The average molecular weight is 258 g/mol. The lowest BCUT2D eigenvalue weighted by Crippen LogP contribution is -2.06. The molecule has 0 aliphatic heterocycles. The number of anilines is 1. The Balaban J connectivity index is 2.35. The Morgan fingerprint density at radius 1 is 1.21 bits per heavy atom. The molecule has 0 aliphatic rings. The minimum atomic E-state index is 0.588. The Morgan fingerprint density at radius 2 is 2.05 bits per heavy atom. The number of nitrogens with one attached hydrogen (secondary N) is 1. The number of rotatable bonds is 5. The molecule has 0 saturated carbocycles. The van der Waals surface area contributed by atoms with Crippen molar-refractivity contribution in [1.29, 1.82) is 0 Å². The zero-order valence-corrected chi connectivity index (χ0v) is 11.5. The summed E-state index contributed by atoms with van der Waals surface area (Å²) in [5.41, 5.74) is 1.82. The molecule has 5 nitrogen and oxygen atoms in total. The van der Waals surface area contributed by atoms with Crippen LogP contribution in [-0.4, -0.2) is 21.5 Å². The fourth-order valence-corrected chi connectivity index (χ4v) is 1.80. The van der Waals surface area contributed by atoms with E-state index in [1.165, 1.54) is 6.33 Å². The van der Waals surface area contributed by atoms with Gasteiger partial charge in [0, 0.05) is 12.7 Å². The van der Waals surface area contributed by atoms with Gasteiger partial charge >= 0.3 is 0 Å². The van der Waals surface area contributed by atoms with Crippen molar-refractivity contribution in [3.05, 3.63) is 35.9 Å². The fourth-order valence-electron chi connectivity index (χ4n) is 1.80. The lowest BCUT2D eigenvalue weighted by atomic mass is 10.2. The lowest BCUT2D eigenvalue weighted by Gasteiger charge is -2.13. The first-order chi connectivity index (χ1) is 9.26. The first-order valence-corrected chi connectivity index (χ1v) is 6.43. The molecule has 2 aromatic heterocycles. The van der Waals surface area contributed by atoms with Crippen molar-refractivity contribution in [3.8, 4) is 11.6 Å². The maximum Gasteiger partial charge on any atom is 0.227 e. The minimum absolute atomic E-state index is 0.588. The smallest absolute Gasteiger partial charge is 0.227 e. The van der Waals surface area contributed by atoms with Crippen LogP contribution in [0.15, 0.2) is 24.7 Å². The molecule has 0 saturated heterocycles. The average Bonchev–Trinajstić information content (AvgIpc) is 2.42. The highest BCUT2D eigenvalue weighted by Gasteiger charge is 2.12. The van der Waals surface area contributed by atoms with Gasteiger partial charge in [0.1, 0.15) is 12.1 Å². The summed E-state index contributed by atoms with van der Waals surface area (Å²) in [7, 11) is 0. The van der Waals surface area contributed by atoms with Crippen LogP contribution < -0.4 is 10.1 Å². The minimum Gasteiger partial charge on any atom is -0.437 e. The molecule has 0 aromatic carbocycles. The first-order valence-electron chi connectivity index (χ1n) is 6.43. The second kappa shape index (κ2) is 6.13. The van der Waals surface area contributed by atoms with Gasteiger partial charge < -0.3 is 10.1 Å². The molecular formula is C14H18N4O. The van der Waals surface area contributed by atoms with E-state index in [1.807, 2.05) is 26.0 Å². The zero-order chi connectivity index (χ0) is 13.7. The Hall–Kier alpha value is -2.17. The summed E-state index contributed by atoms with van der Waals surface area (Å²) in [5.74, 6) is 2.14. The maximum atomic E-state index is 5.86. The highest BCUT2D eigenvalue weighted by Crippen LogP contribution is 2.28. The van der Waals surface area contributed by atoms with Gasteiger partial charge in [-0.3, -0.25) is 4.98 Å². The summed E-state index contributed by atoms with van der Waals surface area (Å²) in [4.78, 5) is 12.7. The molecule has 0 bridgehead atoms. The van der Waals surface area contributed by atoms with E-state index >= 15 is 0 Å². The third-order valence-electron chi connectivity index (χ3n) is 2.77. The number of nitrogens with zero attached hydrogens (tertiary/aromatic N) is 3. The number of hydrogen-bond donors (Lipinski definition) is 1. The molecule has 0 amide bonds. The fraction of sp³-hybridized carbons (Fsp3) is 0.357. The first kappa shape index (κ1) is 13.3. The van der Waals surface area contributed by atoms with Crippen molar-refractivity contribution >= 4 is 5.82 Å². The molecule has 0 aliphatic carbocycles. The third-order valence-corrected chi connectivity index (χ3v) is 2.77. The van der Waals surface area contributed by atoms with Gasteiger partial charge in [-0.15, -0.1) is 0 Å². The van der Waals surface area contributed by atoms with Crippen LogP contribution in [0.2, 0.25) is 0 Å². The molecule has 0 radical (unpaired) electrons. The van der Waals surface area contributed by atoms with Gasteiger partial charge in [-0.05, 0) is 32.4 Å². The van der Waals surface area contributed by atoms with Crippen molar-refractivity contribution < 1.29 is 4.74 Å². The molecule has 1 N–H and O–H groups in total. The van der Waals surface area contributed by atoms with Crippen LogP contribution in [0.1, 0.15) is 25.1 Å². The Bertz CT molecular complexity index is 557. The predicted molar refractivity (Wildman–Crippen MR) is 74.6 cm³/mol. The van der Waals surface area contributed by atoms with Crippen molar-refractivity contribution in [3.63, 3.8) is 0 Å². The topological polar surface area (TPSA) is 59.9 Å². The summed E-state index contributed by atoms with van der Waals surface area (Å²) < 4.78 is 5.86. The molecule has 2 aromatic rings. The molecular weight excluding hydrogens is 240 g/mol. The van der Waals surface area contributed by atoms with Gasteiger partial charge in [-0.2, -0.15) is 0 Å². The summed E-state index contributed by atoms with van der Waals surface area (Å²) in [6.07, 6.45) is 4.06. The number of aromatic nitrogens is 3. The van der Waals surface area contributed by atoms with E-state index in [1.54, 1.807) is 6.20 Å². The quantitative estimate of drug-likeness (QED) is 0.893. The van der Waals surface area contributed by atoms with E-state index in [9.17, 15) is 0 Å². The second-order valence-corrected chi connectivity index (χ2v) is 4.08. The number of ether oxygens (including phenoxy) is 1. The largest absolute Gasteiger partial charge is 0.437 e. The highest BCUT2D eigenvalue weighted by atomic mass is 16.5. The molecule has 0 atom stereocenters. The Kier molecular flexibility index (Phi) is 4.28. The van der Waals surface area contributed by atoms with Crippen molar-refractivity contribution in [2.75, 3.05) is 11.9 Å². The molecule has 5 heteroatoms. The van der Waals surface area contributed by atoms with Crippen LogP contribution in [-0.2, 0) is 6.42 Å². The molecule has 0 spiro atoms. The molecule has 0 unspecified atom stereocenters. The molecule has 100 valence electrons. The van der Waals surface area contributed by atoms with Gasteiger partial charge in [0.15, 0.2) is 5.75 Å². The SMILES string of the molecule is CCNc1ncnc(Oc2cccnc2C)c1CC. The second-order valence-electron chi connectivity index (χ2n) is 4.08. The van der Waals surface area contributed by atoms with Crippen LogP contribution in [0.3, 0.4) is 0 Å². The van der Waals surface area contributed by atoms with E-state index in [-0.39, 0.29) is 0 Å². The molecule has 0 fully saturated rings. The Morgan fingerprint density at radius 3 is 2.74 bits per heavy atom. The molecule has 2 heterocycles. The van der Waals surface area contributed by atoms with Crippen LogP contribution in [0, 0.1) is 6.92 Å². The van der Waals surface area contributed by atoms with Gasteiger partial charge in [0.2, 0.25) is 5.88 Å². The zero-order valence-electron chi connectivity index (χ0n) is 11.5. The van der Waals surface area contributed by atoms with E-state index in [0.717, 1.165) is 35.8 Å². The Labute approximate surface area is 113 Å². The number of aryl methyl sites for hydroxylation is 1. The van der Waals surface area contributed by atoms with Gasteiger partial charge in [0.25, 0.3) is 0 Å². The van der Waals surface area contributed by atoms with Crippen LogP contribution in [0.4, 0.5) is 5.82 Å². The van der Waals surface area contributed by atoms with E-state index in [4.69, 9.17) is 4.74 Å². The van der Waals surface area contributed by atoms with E-state index in [2.05, 4.69) is 27.2 Å². The van der Waals surface area contributed by atoms with Crippen molar-refractivity contribution in [2.45, 2.75) is 27.2 Å². The van der Waals surface area contributed by atoms with Crippen molar-refractivity contribution in [1.82, 2.24) is 15.0 Å². The van der Waals surface area contributed by atoms with Gasteiger partial charge in [-0.1, -0.05) is 6.92 Å². The van der Waals surface area contributed by atoms with Crippen LogP contribution >= 0.6 is 0 Å². The summed E-state index contributed by atoms with van der Waals surface area (Å²) >= 11 is 0. The number of pyridine rings is 1. The van der Waals surface area contributed by atoms with Crippen LogP contribution in [0.25, 0.3) is 0 Å². The predicted octanol–water partition coefficient (Wildman–Crippen LogP) is 2.97. The monoisotopic (exact) mass is 258 g/mol. The number of hydrogen-bond acceptors (Lipinski definition) is 5. The van der Waals surface area contributed by atoms with Crippen LogP contribution in [0.5, 0.6) is 11.6 Å². The summed E-state index contributed by atoms with van der Waals surface area (Å²) in [5, 5.41) is 3.22. The van der Waals surface area contributed by atoms with Crippen molar-refractivity contribution in [2.24, 2.45) is 0 Å². The maximum absolute atomic E-state index is 5.86. The normalized spacial score (nSPS) is 10.3. The summed E-state index contributed by atoms with van der Waals surface area (Å²) in [6, 6.07) is 3.73. The van der Waals surface area contributed by atoms with Gasteiger partial charge in [-0.25, -0.2) is 9.97 Å². The molecule has 19 heavy (non-hydrogen) atoms. The van der Waals surface area contributed by atoms with E-state index < -0.39 is 0 Å². The third kappa shape index (κ3) is 2.99. The van der Waals surface area contributed by atoms with E-state index in [0.29, 0.717) is 5.88 Å². The van der Waals surface area contributed by atoms with Gasteiger partial charge in [0.05, 0.1) is 11.3 Å². The molecule has 2 rings (SSSR count). The standard InChI is InChI=1S/C14H18N4O/c1-4-11-13(15-5-2)17-9-18-14(11)19-12-7-6-8-16-10(12)3/h6-9H,4-5H2,1-3H3,(H,15,17,18). The highest BCUT2D eigenvalue weighted by molar-refractivity contribution is 5.49. The lowest BCUT2D eigenvalue weighted by molar-refractivity contribution is 0.449. The summed E-state index contributed by atoms with van der Waals surface area (Å²) in [6.45, 7) is 6.82.